The number of hydrogen-bond acceptors (Lipinski definition) is 20. The third-order valence-electron chi connectivity index (χ3n) is 16.5. The van der Waals surface area contributed by atoms with Gasteiger partial charge in [-0.3, -0.25) is 63.4 Å². The van der Waals surface area contributed by atoms with Crippen molar-refractivity contribution < 1.29 is 55.2 Å². The number of anilines is 3. The average Bonchev–Trinajstić information content (AvgIpc) is 1.61. The molecule has 29 heteroatoms. The Hall–Kier alpha value is -11.0. The van der Waals surface area contributed by atoms with Gasteiger partial charge in [-0.1, -0.05) is 48.5 Å². The summed E-state index contributed by atoms with van der Waals surface area (Å²) in [7, 11) is 4.83. The van der Waals surface area contributed by atoms with Gasteiger partial charge < -0.3 is 29.2 Å². The first-order chi connectivity index (χ1) is 43.5. The lowest BCUT2D eigenvalue weighted by molar-refractivity contribution is -0.121. The number of rotatable bonds is 12. The van der Waals surface area contributed by atoms with Crippen LogP contribution >= 0.6 is 0 Å². The van der Waals surface area contributed by atoms with Crippen molar-refractivity contribution in [3.8, 4) is 0 Å². The second-order valence-electron chi connectivity index (χ2n) is 22.3. The maximum absolute atomic E-state index is 14.7. The normalized spacial score (nSPS) is 22.3. The Balaban J connectivity index is 0.000000124. The van der Waals surface area contributed by atoms with Gasteiger partial charge in [0.25, 0.3) is 29.5 Å². The summed E-state index contributed by atoms with van der Waals surface area (Å²) in [6, 6.07) is 16.3. The molecule has 6 aliphatic rings. The molecule has 9 atom stereocenters. The number of pyridine rings is 1. The fourth-order valence-electron chi connectivity index (χ4n) is 11.6. The Labute approximate surface area is 508 Å². The Morgan fingerprint density at radius 3 is 1.48 bits per heavy atom. The number of nitrogens with zero attached hydrogens (tertiary/aromatic N) is 14. The van der Waals surface area contributed by atoms with Gasteiger partial charge in [-0.25, -0.2) is 29.3 Å². The summed E-state index contributed by atoms with van der Waals surface area (Å²) in [5.41, 5.74) is 3.59. The summed E-state index contributed by atoms with van der Waals surface area (Å²) in [6.07, 6.45) is 16.3. The number of likely N-dealkylation sites (N-methyl/N-ethyl adjacent to an activating group) is 3. The van der Waals surface area contributed by atoms with Gasteiger partial charge in [-0.2, -0.15) is 8.78 Å². The van der Waals surface area contributed by atoms with Crippen molar-refractivity contribution in [1.29, 1.82) is 0 Å². The van der Waals surface area contributed by atoms with Gasteiger partial charge in [-0.05, 0) is 66.8 Å². The molecule has 456 valence electrons. The number of halogens is 3. The molecule has 0 bridgehead atoms. The highest BCUT2D eigenvalue weighted by Gasteiger charge is 2.56. The first kappa shape index (κ1) is 58.0. The van der Waals surface area contributed by atoms with Crippen molar-refractivity contribution >= 4 is 52.9 Å². The first-order valence-electron chi connectivity index (χ1n) is 28.5. The van der Waals surface area contributed by atoms with Crippen molar-refractivity contribution in [2.24, 2.45) is 17.8 Å². The lowest BCUT2D eigenvalue weighted by atomic mass is 10.1. The monoisotopic (exact) mass is 1220 g/mol. The first-order valence-corrected chi connectivity index (χ1v) is 28.5. The highest BCUT2D eigenvalue weighted by molar-refractivity contribution is 6.04. The van der Waals surface area contributed by atoms with Gasteiger partial charge >= 0.3 is 29.5 Å². The summed E-state index contributed by atoms with van der Waals surface area (Å²) < 4.78 is 58.5. The molecule has 3 fully saturated rings. The molecular formula is C61H52F3N17O9. The topological polar surface area (TPSA) is 329 Å². The Morgan fingerprint density at radius 1 is 0.511 bits per heavy atom. The number of oxazole rings is 2. The molecule has 0 saturated heterocycles. The Morgan fingerprint density at radius 2 is 0.978 bits per heavy atom. The fraction of sp³-hybridized carbons (Fsp3) is 0.295. The molecule has 2 aromatic carbocycles. The van der Waals surface area contributed by atoms with Crippen molar-refractivity contribution in [3.63, 3.8) is 0 Å². The number of nitrogens with one attached hydrogen (secondary N) is 3. The largest absolute Gasteiger partial charge is 0.437 e. The third kappa shape index (κ3) is 11.5. The standard InChI is InChI=1S/C21H17F2N5O3.C20H17FN6O3.C20H18N6O3/c1-28-17-15(24-7-8-25-17)12-9-13(12)16(20(28)30)27-18(29)19-26-10-14(31-19)21(22,23)11-5-3-2-4-6-11;1-27-17-15(22-6-7-23-17)12-9-13(12)16(20(27)29)24-18(28)19-26-25-14(30-19)8-10-2-4-11(21)5-3-10;1-26-17-15(22-6-7-23-17)13-9-14(13)16(20(26)28)25-18(27)19-24-10-12(29-19)8-11-4-2-3-5-21-11/h2-8,10,12-13,16H,9H2,1H3,(H,27,29);2-7,12-13,16H,8-9H2,1H3,(H,24,28);2-7,10,13-14,16H,8-9H2,1H3,(H,25,27)/t2*12-,13+,16+;13-,14+,16+/m111/s1. The Bertz CT molecular complexity index is 4230. The molecule has 0 unspecified atom stereocenters. The number of benzene rings is 2. The minimum Gasteiger partial charge on any atom is -0.437 e. The maximum atomic E-state index is 14.7. The summed E-state index contributed by atoms with van der Waals surface area (Å²) in [6.45, 7) is 0. The van der Waals surface area contributed by atoms with Crippen LogP contribution in [0.4, 0.5) is 30.6 Å². The van der Waals surface area contributed by atoms with Crippen LogP contribution < -0.4 is 30.7 Å². The van der Waals surface area contributed by atoms with Crippen LogP contribution in [-0.2, 0) is 33.1 Å². The van der Waals surface area contributed by atoms with Gasteiger partial charge in [-0.15, -0.1) is 10.2 Å². The van der Waals surface area contributed by atoms with E-state index in [1.54, 1.807) is 76.5 Å². The molecular weight excluding hydrogens is 1170 g/mol. The van der Waals surface area contributed by atoms with E-state index in [1.165, 1.54) is 63.5 Å². The third-order valence-corrected chi connectivity index (χ3v) is 16.5. The van der Waals surface area contributed by atoms with Gasteiger partial charge in [0, 0.05) is 100.0 Å². The Kier molecular flexibility index (Phi) is 15.2. The van der Waals surface area contributed by atoms with Gasteiger partial charge in [0.1, 0.15) is 29.7 Å². The molecule has 15 rings (SSSR count). The van der Waals surface area contributed by atoms with E-state index in [-0.39, 0.29) is 88.7 Å². The predicted molar refractivity (Wildman–Crippen MR) is 306 cm³/mol. The number of fused-ring (bicyclic) bond motifs is 9. The second-order valence-corrected chi connectivity index (χ2v) is 22.3. The summed E-state index contributed by atoms with van der Waals surface area (Å²) >= 11 is 0. The quantitative estimate of drug-likeness (QED) is 0.140. The highest BCUT2D eigenvalue weighted by Crippen LogP contribution is 2.55. The van der Waals surface area contributed by atoms with Gasteiger partial charge in [0.05, 0.1) is 35.9 Å². The SMILES string of the molecule is CN1C(=O)[C@@H](NC(=O)c2ncc(C(F)(F)c3ccccc3)o2)[C@H]2C[C@H]2c2nccnc21.CN1C(=O)[C@@H](NC(=O)c2ncc(Cc3ccccn3)o2)[C@H]2C[C@H]2c2nccnc21.CN1C(=O)[C@@H](NC(=O)c2nnc(Cc3ccc(F)cc3)o2)[C@H]2C[C@H]2c2nccnc21. The number of hydrogen-bond donors (Lipinski definition) is 3. The van der Waals surface area contributed by atoms with E-state index in [0.717, 1.165) is 41.7 Å². The van der Waals surface area contributed by atoms with Crippen molar-refractivity contribution in [3.05, 3.63) is 203 Å². The molecule has 3 N–H and O–H groups in total. The van der Waals surface area contributed by atoms with E-state index < -0.39 is 53.4 Å². The molecule has 10 heterocycles. The number of carbonyl (C=O) groups excluding carboxylic acids is 6. The van der Waals surface area contributed by atoms with Gasteiger partial charge in [0.15, 0.2) is 23.2 Å². The zero-order valence-corrected chi connectivity index (χ0v) is 47.9. The van der Waals surface area contributed by atoms with E-state index in [2.05, 4.69) is 71.0 Å². The van der Waals surface area contributed by atoms with E-state index in [4.69, 9.17) is 13.3 Å². The minimum absolute atomic E-state index is 0.00481. The zero-order chi connectivity index (χ0) is 62.5. The lowest BCUT2D eigenvalue weighted by Crippen LogP contribution is -2.48. The van der Waals surface area contributed by atoms with Crippen molar-refractivity contribution in [2.45, 2.75) is 73.9 Å². The molecule has 90 heavy (non-hydrogen) atoms. The molecule has 7 aromatic heterocycles. The molecule has 3 aliphatic heterocycles. The van der Waals surface area contributed by atoms with Crippen LogP contribution in [-0.4, -0.2) is 130 Å². The smallest absolute Gasteiger partial charge is 0.331 e. The number of carbonyl (C=O) groups is 6. The molecule has 3 saturated carbocycles. The van der Waals surface area contributed by atoms with E-state index in [9.17, 15) is 41.9 Å². The molecule has 26 nitrogen and oxygen atoms in total. The lowest BCUT2D eigenvalue weighted by Gasteiger charge is -2.22. The molecule has 3 aliphatic carbocycles. The molecule has 9 aromatic rings. The van der Waals surface area contributed by atoms with Crippen LogP contribution in [0.2, 0.25) is 0 Å². The van der Waals surface area contributed by atoms with Crippen molar-refractivity contribution in [2.75, 3.05) is 35.8 Å². The fourth-order valence-corrected chi connectivity index (χ4v) is 11.6. The summed E-state index contributed by atoms with van der Waals surface area (Å²) in [4.78, 5) is 119. The number of amides is 6. The maximum Gasteiger partial charge on any atom is 0.331 e. The predicted octanol–water partition coefficient (Wildman–Crippen LogP) is 5.28. The van der Waals surface area contributed by atoms with Crippen LogP contribution in [0.15, 0.2) is 142 Å². The van der Waals surface area contributed by atoms with Crippen LogP contribution in [0.3, 0.4) is 0 Å². The molecule has 0 spiro atoms. The summed E-state index contributed by atoms with van der Waals surface area (Å²) in [5.74, 6) is -5.92. The zero-order valence-electron chi connectivity index (χ0n) is 47.9. The second kappa shape index (κ2) is 23.6. The highest BCUT2D eigenvalue weighted by atomic mass is 19.3. The molecule has 0 radical (unpaired) electrons. The van der Waals surface area contributed by atoms with Crippen LogP contribution in [0.1, 0.15) is 120 Å². The van der Waals surface area contributed by atoms with E-state index >= 15 is 0 Å². The average molecular weight is 1220 g/mol. The van der Waals surface area contributed by atoms with Crippen LogP contribution in [0.25, 0.3) is 0 Å². The number of aromatic nitrogens is 11. The van der Waals surface area contributed by atoms with E-state index in [0.29, 0.717) is 41.7 Å². The number of alkyl halides is 2. The van der Waals surface area contributed by atoms with Crippen LogP contribution in [0, 0.1) is 23.6 Å². The van der Waals surface area contributed by atoms with Gasteiger partial charge in [0.2, 0.25) is 5.89 Å². The summed E-state index contributed by atoms with van der Waals surface area (Å²) in [5, 5.41) is 15.8. The minimum atomic E-state index is -3.45. The molecule has 6 amide bonds. The van der Waals surface area contributed by atoms with Crippen LogP contribution in [0.5, 0.6) is 0 Å². The van der Waals surface area contributed by atoms with E-state index in [1.807, 2.05) is 18.2 Å². The van der Waals surface area contributed by atoms with Crippen molar-refractivity contribution in [1.82, 2.24) is 71.0 Å².